The number of rotatable bonds is 5. The molecule has 1 fully saturated rings. The number of anilines is 1. The van der Waals surface area contributed by atoms with E-state index in [-0.39, 0.29) is 10.8 Å². The maximum Gasteiger partial charge on any atom is 0.255 e. The Kier molecular flexibility index (Phi) is 5.20. The fourth-order valence-corrected chi connectivity index (χ4v) is 5.35. The maximum absolute atomic E-state index is 12.7. The number of hydrogen-bond acceptors (Lipinski definition) is 5. The number of amides is 1. The molecule has 1 N–H and O–H groups in total. The van der Waals surface area contributed by atoms with Crippen molar-refractivity contribution in [1.29, 1.82) is 0 Å². The quantitative estimate of drug-likeness (QED) is 0.506. The molecule has 0 unspecified atom stereocenters. The van der Waals surface area contributed by atoms with Crippen LogP contribution in [-0.4, -0.2) is 46.3 Å². The molecule has 3 heterocycles. The molecule has 1 amide bonds. The van der Waals surface area contributed by atoms with E-state index in [4.69, 9.17) is 0 Å². The summed E-state index contributed by atoms with van der Waals surface area (Å²) in [6.45, 7) is 1.09. The van der Waals surface area contributed by atoms with Crippen LogP contribution < -0.4 is 5.32 Å². The first-order chi connectivity index (χ1) is 15.5. The van der Waals surface area contributed by atoms with Crippen molar-refractivity contribution in [3.8, 4) is 11.4 Å². The number of nitrogens with one attached hydrogen (secondary N) is 1. The molecule has 0 aliphatic carbocycles. The summed E-state index contributed by atoms with van der Waals surface area (Å²) in [7, 11) is -3.50. The van der Waals surface area contributed by atoms with Crippen molar-refractivity contribution in [1.82, 2.24) is 18.9 Å². The minimum Gasteiger partial charge on any atom is -0.322 e. The molecule has 0 atom stereocenters. The number of pyridine rings is 1. The number of carbonyl (C=O) groups excluding carboxylic acids is 1. The number of benzene rings is 2. The first-order valence-corrected chi connectivity index (χ1v) is 11.8. The topological polar surface area (TPSA) is 96.7 Å². The Morgan fingerprint density at radius 3 is 2.47 bits per heavy atom. The number of fused-ring (bicyclic) bond motifs is 1. The van der Waals surface area contributed by atoms with Crippen molar-refractivity contribution in [2.45, 2.75) is 17.7 Å². The Balaban J connectivity index is 1.35. The van der Waals surface area contributed by atoms with Crippen LogP contribution in [0.5, 0.6) is 0 Å². The molecule has 0 spiro atoms. The summed E-state index contributed by atoms with van der Waals surface area (Å²) in [5.74, 6) is 0.353. The highest BCUT2D eigenvalue weighted by Gasteiger charge is 2.27. The zero-order valence-corrected chi connectivity index (χ0v) is 18.0. The Hall–Kier alpha value is -3.56. The van der Waals surface area contributed by atoms with E-state index < -0.39 is 10.0 Å². The summed E-state index contributed by atoms with van der Waals surface area (Å²) in [5, 5.41) is 11.3. The van der Waals surface area contributed by atoms with Gasteiger partial charge >= 0.3 is 0 Å². The predicted octanol–water partition coefficient (Wildman–Crippen LogP) is 3.43. The molecule has 2 aromatic carbocycles. The van der Waals surface area contributed by atoms with Gasteiger partial charge in [0.25, 0.3) is 5.91 Å². The van der Waals surface area contributed by atoms with E-state index >= 15 is 0 Å². The lowest BCUT2D eigenvalue weighted by atomic mass is 10.1. The standard InChI is InChI=1S/C23H21N5O3S/c29-23(17-9-11-20(12-10-17)32(30,31)27-13-3-4-14-27)24-19-7-5-6-18(16-19)22-26-25-21-8-1-2-15-28(21)22/h1-2,5-12,15-16H,3-4,13-14H2,(H,24,29). The number of aromatic nitrogens is 3. The normalized spacial score (nSPS) is 14.6. The molecule has 0 bridgehead atoms. The molecule has 1 aliphatic heterocycles. The van der Waals surface area contributed by atoms with Crippen LogP contribution >= 0.6 is 0 Å². The highest BCUT2D eigenvalue weighted by atomic mass is 32.2. The largest absolute Gasteiger partial charge is 0.322 e. The first-order valence-electron chi connectivity index (χ1n) is 10.3. The third-order valence-electron chi connectivity index (χ3n) is 5.51. The van der Waals surface area contributed by atoms with Gasteiger partial charge in [-0.2, -0.15) is 4.31 Å². The van der Waals surface area contributed by atoms with Gasteiger partial charge in [-0.3, -0.25) is 9.20 Å². The van der Waals surface area contributed by atoms with Gasteiger partial charge in [-0.25, -0.2) is 8.42 Å². The summed E-state index contributed by atoms with van der Waals surface area (Å²) < 4.78 is 28.7. The summed E-state index contributed by atoms with van der Waals surface area (Å²) >= 11 is 0. The lowest BCUT2D eigenvalue weighted by Crippen LogP contribution is -2.27. The van der Waals surface area contributed by atoms with Crippen LogP contribution in [0.15, 0.2) is 77.8 Å². The van der Waals surface area contributed by atoms with Gasteiger partial charge in [-0.15, -0.1) is 10.2 Å². The summed E-state index contributed by atoms with van der Waals surface area (Å²) in [4.78, 5) is 12.9. The molecule has 2 aromatic heterocycles. The molecule has 0 radical (unpaired) electrons. The van der Waals surface area contributed by atoms with E-state index in [9.17, 15) is 13.2 Å². The first kappa shape index (κ1) is 20.3. The van der Waals surface area contributed by atoms with Crippen molar-refractivity contribution in [2.75, 3.05) is 18.4 Å². The van der Waals surface area contributed by atoms with Gasteiger partial charge in [-0.05, 0) is 61.4 Å². The third-order valence-corrected chi connectivity index (χ3v) is 7.42. The van der Waals surface area contributed by atoms with Gasteiger partial charge in [0.15, 0.2) is 11.5 Å². The third kappa shape index (κ3) is 3.76. The highest BCUT2D eigenvalue weighted by molar-refractivity contribution is 7.89. The Bertz CT molecular complexity index is 1390. The van der Waals surface area contributed by atoms with E-state index in [1.54, 1.807) is 6.07 Å². The molecular weight excluding hydrogens is 426 g/mol. The number of hydrogen-bond donors (Lipinski definition) is 1. The van der Waals surface area contributed by atoms with Gasteiger partial charge in [0.05, 0.1) is 4.90 Å². The lowest BCUT2D eigenvalue weighted by molar-refractivity contribution is 0.102. The molecule has 162 valence electrons. The van der Waals surface area contributed by atoms with Crippen LogP contribution in [0, 0.1) is 0 Å². The van der Waals surface area contributed by atoms with E-state index in [1.165, 1.54) is 28.6 Å². The smallest absolute Gasteiger partial charge is 0.255 e. The van der Waals surface area contributed by atoms with E-state index in [0.717, 1.165) is 24.1 Å². The van der Waals surface area contributed by atoms with Crippen LogP contribution in [-0.2, 0) is 10.0 Å². The molecule has 32 heavy (non-hydrogen) atoms. The minimum atomic E-state index is -3.50. The second-order valence-electron chi connectivity index (χ2n) is 7.62. The van der Waals surface area contributed by atoms with E-state index in [0.29, 0.717) is 30.2 Å². The fraction of sp³-hybridized carbons (Fsp3) is 0.174. The second kappa shape index (κ2) is 8.18. The fourth-order valence-electron chi connectivity index (χ4n) is 3.83. The monoisotopic (exact) mass is 447 g/mol. The van der Waals surface area contributed by atoms with Crippen LogP contribution in [0.3, 0.4) is 0 Å². The van der Waals surface area contributed by atoms with Gasteiger partial charge < -0.3 is 5.32 Å². The maximum atomic E-state index is 12.7. The molecular formula is C23H21N5O3S. The minimum absolute atomic E-state index is 0.205. The number of carbonyl (C=O) groups is 1. The highest BCUT2D eigenvalue weighted by Crippen LogP contribution is 2.23. The average Bonchev–Trinajstić information content (AvgIpc) is 3.50. The lowest BCUT2D eigenvalue weighted by Gasteiger charge is -2.15. The van der Waals surface area contributed by atoms with E-state index in [1.807, 2.05) is 47.0 Å². The van der Waals surface area contributed by atoms with Crippen LogP contribution in [0.4, 0.5) is 5.69 Å². The van der Waals surface area contributed by atoms with Gasteiger partial charge in [0.2, 0.25) is 10.0 Å². The molecule has 1 saturated heterocycles. The van der Waals surface area contributed by atoms with Crippen LogP contribution in [0.25, 0.3) is 17.0 Å². The molecule has 0 saturated carbocycles. The van der Waals surface area contributed by atoms with E-state index in [2.05, 4.69) is 15.5 Å². The van der Waals surface area contributed by atoms with Crippen molar-refractivity contribution >= 4 is 27.3 Å². The summed E-state index contributed by atoms with van der Waals surface area (Å²) in [6, 6.07) is 19.1. The Labute approximate surface area is 185 Å². The molecule has 5 rings (SSSR count). The van der Waals surface area contributed by atoms with Crippen LogP contribution in [0.2, 0.25) is 0 Å². The Morgan fingerprint density at radius 1 is 0.906 bits per heavy atom. The molecule has 8 nitrogen and oxygen atoms in total. The van der Waals surface area contributed by atoms with Crippen LogP contribution in [0.1, 0.15) is 23.2 Å². The van der Waals surface area contributed by atoms with Crippen molar-refractivity contribution < 1.29 is 13.2 Å². The van der Waals surface area contributed by atoms with Crippen molar-refractivity contribution in [2.24, 2.45) is 0 Å². The zero-order chi connectivity index (χ0) is 22.1. The van der Waals surface area contributed by atoms with Crippen molar-refractivity contribution in [3.05, 3.63) is 78.5 Å². The average molecular weight is 448 g/mol. The van der Waals surface area contributed by atoms with Gasteiger partial charge in [-0.1, -0.05) is 18.2 Å². The van der Waals surface area contributed by atoms with Crippen molar-refractivity contribution in [3.63, 3.8) is 0 Å². The zero-order valence-electron chi connectivity index (χ0n) is 17.2. The molecule has 1 aliphatic rings. The Morgan fingerprint density at radius 2 is 1.69 bits per heavy atom. The number of sulfonamides is 1. The molecule has 9 heteroatoms. The second-order valence-corrected chi connectivity index (χ2v) is 9.56. The van der Waals surface area contributed by atoms with Gasteiger partial charge in [0.1, 0.15) is 0 Å². The summed E-state index contributed by atoms with van der Waals surface area (Å²) in [5.41, 5.74) is 2.53. The molecule has 4 aromatic rings. The van der Waals surface area contributed by atoms with Gasteiger partial charge in [0, 0.05) is 36.1 Å². The predicted molar refractivity (Wildman–Crippen MR) is 121 cm³/mol. The SMILES string of the molecule is O=C(Nc1cccc(-c2nnc3ccccn23)c1)c1ccc(S(=O)(=O)N2CCCC2)cc1. The number of nitrogens with zero attached hydrogens (tertiary/aromatic N) is 4. The summed E-state index contributed by atoms with van der Waals surface area (Å²) in [6.07, 6.45) is 3.64.